The van der Waals surface area contributed by atoms with Crippen molar-refractivity contribution >= 4 is 22.7 Å². The van der Waals surface area contributed by atoms with Crippen LogP contribution in [-0.4, -0.2) is 49.4 Å². The van der Waals surface area contributed by atoms with Crippen LogP contribution in [0.4, 0.5) is 11.8 Å². The predicted octanol–water partition coefficient (Wildman–Crippen LogP) is 3.32. The Balaban J connectivity index is 1.65. The molecule has 1 fully saturated rings. The molecule has 3 N–H and O–H groups in total. The quantitative estimate of drug-likeness (QED) is 0.335. The molecule has 0 aliphatic carbocycles. The second-order valence-electron chi connectivity index (χ2n) is 9.76. The molecule has 0 bridgehead atoms. The first kappa shape index (κ1) is 25.9. The van der Waals surface area contributed by atoms with Gasteiger partial charge in [-0.25, -0.2) is 9.97 Å². The van der Waals surface area contributed by atoms with Crippen LogP contribution in [0.25, 0.3) is 27.7 Å². The average molecular weight is 547 g/mol. The van der Waals surface area contributed by atoms with Gasteiger partial charge in [0, 0.05) is 36.5 Å². The molecular formula is C30H26N8O3. The van der Waals surface area contributed by atoms with Gasteiger partial charge in [-0.15, -0.1) is 0 Å². The molecule has 11 heteroatoms. The first-order valence-electron chi connectivity index (χ1n) is 13.0. The number of aryl methyl sites for hydroxylation is 1. The fourth-order valence-electron chi connectivity index (χ4n) is 5.49. The maximum Gasteiger partial charge on any atom is 0.266 e. The normalized spacial score (nSPS) is 16.6. The number of hydrogen-bond acceptors (Lipinski definition) is 10. The van der Waals surface area contributed by atoms with E-state index in [1.165, 1.54) is 0 Å². The van der Waals surface area contributed by atoms with Gasteiger partial charge in [0.25, 0.3) is 5.56 Å². The number of β-amino-alcohol motifs (C(OH)–C–C–N with tert-alkyl or cyclic N) is 1. The molecule has 1 saturated heterocycles. The molecular weight excluding hydrogens is 520 g/mol. The number of nitrogens with zero attached hydrogens (tertiary/aromatic N) is 7. The molecule has 4 heterocycles. The van der Waals surface area contributed by atoms with E-state index in [9.17, 15) is 15.2 Å². The van der Waals surface area contributed by atoms with Crippen LogP contribution in [0.2, 0.25) is 0 Å². The Morgan fingerprint density at radius 2 is 1.88 bits per heavy atom. The number of nitriles is 1. The van der Waals surface area contributed by atoms with Crippen LogP contribution in [0.15, 0.2) is 71.8 Å². The van der Waals surface area contributed by atoms with Crippen LogP contribution in [0.1, 0.15) is 29.5 Å². The van der Waals surface area contributed by atoms with Crippen LogP contribution in [0.3, 0.4) is 0 Å². The van der Waals surface area contributed by atoms with E-state index in [0.29, 0.717) is 50.8 Å². The Labute approximate surface area is 235 Å². The number of anilines is 2. The molecule has 11 nitrogen and oxygen atoms in total. The van der Waals surface area contributed by atoms with Crippen LogP contribution in [0, 0.1) is 18.3 Å². The number of para-hydroxylation sites is 1. The van der Waals surface area contributed by atoms with Crippen molar-refractivity contribution in [3.8, 4) is 28.6 Å². The third-order valence-electron chi connectivity index (χ3n) is 7.28. The van der Waals surface area contributed by atoms with Crippen molar-refractivity contribution in [2.75, 3.05) is 24.3 Å². The van der Waals surface area contributed by atoms with Crippen LogP contribution >= 0.6 is 0 Å². The van der Waals surface area contributed by atoms with Gasteiger partial charge in [-0.05, 0) is 31.2 Å². The van der Waals surface area contributed by atoms with Crippen LogP contribution in [0.5, 0.6) is 5.75 Å². The zero-order valence-corrected chi connectivity index (χ0v) is 22.4. The number of benzene rings is 2. The molecule has 1 aliphatic heterocycles. The zero-order valence-electron chi connectivity index (χ0n) is 22.4. The van der Waals surface area contributed by atoms with E-state index in [1.54, 1.807) is 48.0 Å². The standard InChI is InChI=1S/C30H26N8O3/c1-17-21(14-31)27(36-30(32)34-17)37-16-19(39)13-24(37)28-35-23-10-6-9-20(22-15-33-12-11-25(22)41-2)26(23)29(40)38(28)18-7-4-3-5-8-18/h3-12,15,19,24,39H,13,16H2,1-2H3,(H2,32,34,36)/t19-,24-/m0/s1. The minimum absolute atomic E-state index is 0.0126. The second-order valence-corrected chi connectivity index (χ2v) is 9.76. The third kappa shape index (κ3) is 4.40. The van der Waals surface area contributed by atoms with Crippen molar-refractivity contribution in [3.05, 3.63) is 94.4 Å². The number of nitrogens with two attached hydrogens (primary N) is 1. The molecule has 0 unspecified atom stereocenters. The lowest BCUT2D eigenvalue weighted by atomic mass is 10.0. The summed E-state index contributed by atoms with van der Waals surface area (Å²) in [5.74, 6) is 1.29. The van der Waals surface area contributed by atoms with Gasteiger partial charge in [0.1, 0.15) is 23.2 Å². The van der Waals surface area contributed by atoms with E-state index in [0.717, 1.165) is 0 Å². The zero-order chi connectivity index (χ0) is 28.7. The molecule has 41 heavy (non-hydrogen) atoms. The van der Waals surface area contributed by atoms with E-state index in [2.05, 4.69) is 21.0 Å². The van der Waals surface area contributed by atoms with Gasteiger partial charge >= 0.3 is 0 Å². The number of hydrogen-bond donors (Lipinski definition) is 2. The van der Waals surface area contributed by atoms with Crippen molar-refractivity contribution in [2.24, 2.45) is 0 Å². The highest BCUT2D eigenvalue weighted by molar-refractivity contribution is 5.95. The van der Waals surface area contributed by atoms with Gasteiger partial charge < -0.3 is 20.5 Å². The molecule has 204 valence electrons. The fourth-order valence-corrected chi connectivity index (χ4v) is 5.49. The van der Waals surface area contributed by atoms with Crippen molar-refractivity contribution in [2.45, 2.75) is 25.5 Å². The molecule has 2 atom stereocenters. The smallest absolute Gasteiger partial charge is 0.266 e. The summed E-state index contributed by atoms with van der Waals surface area (Å²) in [7, 11) is 1.57. The maximum atomic E-state index is 14.5. The van der Waals surface area contributed by atoms with Gasteiger partial charge in [0.05, 0.1) is 41.5 Å². The van der Waals surface area contributed by atoms with Crippen molar-refractivity contribution in [1.29, 1.82) is 5.26 Å². The molecule has 0 spiro atoms. The first-order valence-corrected chi connectivity index (χ1v) is 13.0. The third-order valence-corrected chi connectivity index (χ3v) is 7.28. The number of aliphatic hydroxyl groups is 1. The van der Waals surface area contributed by atoms with Crippen LogP contribution in [-0.2, 0) is 0 Å². The van der Waals surface area contributed by atoms with Crippen molar-refractivity contribution < 1.29 is 9.84 Å². The summed E-state index contributed by atoms with van der Waals surface area (Å²) in [4.78, 5) is 34.1. The molecule has 0 amide bonds. The lowest BCUT2D eigenvalue weighted by molar-refractivity contribution is 0.193. The summed E-state index contributed by atoms with van der Waals surface area (Å²) in [6.45, 7) is 1.86. The monoisotopic (exact) mass is 546 g/mol. The van der Waals surface area contributed by atoms with Gasteiger partial charge in [-0.2, -0.15) is 10.2 Å². The van der Waals surface area contributed by atoms with Crippen molar-refractivity contribution in [1.82, 2.24) is 24.5 Å². The van der Waals surface area contributed by atoms with E-state index in [4.69, 9.17) is 15.5 Å². The number of pyridine rings is 1. The minimum atomic E-state index is -0.758. The summed E-state index contributed by atoms with van der Waals surface area (Å²) in [6.07, 6.45) is 2.79. The summed E-state index contributed by atoms with van der Waals surface area (Å²) in [5.41, 5.74) is 8.74. The highest BCUT2D eigenvalue weighted by atomic mass is 16.5. The summed E-state index contributed by atoms with van der Waals surface area (Å²) < 4.78 is 7.14. The average Bonchev–Trinajstić information content (AvgIpc) is 3.38. The van der Waals surface area contributed by atoms with Crippen LogP contribution < -0.4 is 20.9 Å². The maximum absolute atomic E-state index is 14.5. The van der Waals surface area contributed by atoms with Gasteiger partial charge in [-0.1, -0.05) is 30.3 Å². The van der Waals surface area contributed by atoms with E-state index < -0.39 is 12.1 Å². The number of ether oxygens (including phenoxy) is 1. The first-order chi connectivity index (χ1) is 19.9. The summed E-state index contributed by atoms with van der Waals surface area (Å²) in [6, 6.07) is 18.0. The number of aliphatic hydroxyl groups excluding tert-OH is 1. The molecule has 6 rings (SSSR count). The van der Waals surface area contributed by atoms with E-state index >= 15 is 0 Å². The lowest BCUT2D eigenvalue weighted by Gasteiger charge is -2.28. The summed E-state index contributed by atoms with van der Waals surface area (Å²) in [5, 5.41) is 21.2. The highest BCUT2D eigenvalue weighted by Crippen LogP contribution is 2.39. The summed E-state index contributed by atoms with van der Waals surface area (Å²) >= 11 is 0. The van der Waals surface area contributed by atoms with Gasteiger partial charge in [-0.3, -0.25) is 14.3 Å². The Bertz CT molecular complexity index is 1880. The fraction of sp³-hybridized carbons (Fsp3) is 0.200. The van der Waals surface area contributed by atoms with E-state index in [-0.39, 0.29) is 30.0 Å². The predicted molar refractivity (Wildman–Crippen MR) is 154 cm³/mol. The molecule has 0 saturated carbocycles. The molecule has 0 radical (unpaired) electrons. The molecule has 5 aromatic rings. The SMILES string of the molecule is COc1ccncc1-c1cccc2nc([C@@H]3C[C@H](O)CN3c3nc(N)nc(C)c3C#N)n(-c3ccccc3)c(=O)c12. The Morgan fingerprint density at radius 3 is 2.63 bits per heavy atom. The van der Waals surface area contributed by atoms with Gasteiger partial charge in [0.2, 0.25) is 5.95 Å². The topological polar surface area (TPSA) is 156 Å². The molecule has 1 aliphatic rings. The second kappa shape index (κ2) is 10.3. The molecule has 2 aromatic carbocycles. The largest absolute Gasteiger partial charge is 0.496 e. The van der Waals surface area contributed by atoms with Crippen molar-refractivity contribution in [3.63, 3.8) is 0 Å². The highest BCUT2D eigenvalue weighted by Gasteiger charge is 2.38. The minimum Gasteiger partial charge on any atom is -0.496 e. The number of rotatable bonds is 5. The van der Waals surface area contributed by atoms with Gasteiger partial charge in [0.15, 0.2) is 5.82 Å². The Hall–Kier alpha value is -5.34. The number of fused-ring (bicyclic) bond motifs is 1. The van der Waals surface area contributed by atoms with E-state index in [1.807, 2.05) is 42.5 Å². The number of aromatic nitrogens is 5. The number of methoxy groups -OCH3 is 1. The number of nitrogen functional groups attached to an aromatic ring is 1. The Morgan fingerprint density at radius 1 is 1.07 bits per heavy atom. The Kier molecular flexibility index (Phi) is 6.53. The molecule has 3 aromatic heterocycles. The lowest BCUT2D eigenvalue weighted by Crippen LogP contribution is -2.33.